The van der Waals surface area contributed by atoms with Crippen molar-refractivity contribution in [1.82, 2.24) is 15.0 Å². The van der Waals surface area contributed by atoms with Crippen LogP contribution in [-0.4, -0.2) is 15.0 Å². The van der Waals surface area contributed by atoms with Crippen LogP contribution < -0.4 is 0 Å². The molecule has 2 aliphatic carbocycles. The van der Waals surface area contributed by atoms with Crippen molar-refractivity contribution in [3.8, 4) is 67.0 Å². The minimum atomic E-state index is 0.151. The summed E-state index contributed by atoms with van der Waals surface area (Å²) in [6.45, 7) is 0. The average molecular weight is 618 g/mol. The minimum Gasteiger partial charge on any atom is -0.264 e. The van der Waals surface area contributed by atoms with E-state index in [1.165, 1.54) is 76.6 Å². The van der Waals surface area contributed by atoms with Gasteiger partial charge in [-0.25, -0.2) is 4.98 Å². The number of benzene rings is 4. The van der Waals surface area contributed by atoms with E-state index in [9.17, 15) is 0 Å². The SMILES string of the molecule is c1cncc(-c2cc(-c3cccnc3)nc(-c3cccc(-c4cccc(-c5cccc6c5-c5ccccc5C65CCCCC5)c4)c3)c2)c1. The van der Waals surface area contributed by atoms with E-state index in [1.54, 1.807) is 6.20 Å². The van der Waals surface area contributed by atoms with Gasteiger partial charge in [-0.15, -0.1) is 0 Å². The number of fused-ring (bicyclic) bond motifs is 5. The zero-order valence-corrected chi connectivity index (χ0v) is 26.8. The molecule has 48 heavy (non-hydrogen) atoms. The Bertz CT molecular complexity index is 2210. The molecule has 2 aliphatic rings. The van der Waals surface area contributed by atoms with E-state index in [0.29, 0.717) is 0 Å². The van der Waals surface area contributed by atoms with Crippen LogP contribution in [0.1, 0.15) is 43.2 Å². The smallest absolute Gasteiger partial charge is 0.0731 e. The summed E-state index contributed by atoms with van der Waals surface area (Å²) in [5, 5.41) is 0. The molecule has 3 aromatic heterocycles. The van der Waals surface area contributed by atoms with Gasteiger partial charge in [-0.05, 0) is 105 Å². The van der Waals surface area contributed by atoms with Crippen LogP contribution in [0.3, 0.4) is 0 Å². The third-order valence-electron chi connectivity index (χ3n) is 10.4. The summed E-state index contributed by atoms with van der Waals surface area (Å²) in [5.41, 5.74) is 17.0. The van der Waals surface area contributed by atoms with Crippen LogP contribution >= 0.6 is 0 Å². The molecule has 7 aromatic rings. The molecule has 4 aromatic carbocycles. The van der Waals surface area contributed by atoms with Crippen molar-refractivity contribution in [3.05, 3.63) is 163 Å². The number of pyridine rings is 3. The van der Waals surface area contributed by atoms with Gasteiger partial charge in [0.2, 0.25) is 0 Å². The van der Waals surface area contributed by atoms with Gasteiger partial charge in [0.25, 0.3) is 0 Å². The molecule has 1 saturated carbocycles. The highest BCUT2D eigenvalue weighted by Crippen LogP contribution is 2.57. The third-order valence-corrected chi connectivity index (χ3v) is 10.4. The van der Waals surface area contributed by atoms with Crippen molar-refractivity contribution in [1.29, 1.82) is 0 Å². The third kappa shape index (κ3) is 4.86. The summed E-state index contributed by atoms with van der Waals surface area (Å²) in [7, 11) is 0. The summed E-state index contributed by atoms with van der Waals surface area (Å²) in [4.78, 5) is 13.9. The Balaban J connectivity index is 1.14. The van der Waals surface area contributed by atoms with Gasteiger partial charge in [0.15, 0.2) is 0 Å². The molecule has 3 heterocycles. The second-order valence-corrected chi connectivity index (χ2v) is 13.2. The highest BCUT2D eigenvalue weighted by atomic mass is 14.7. The predicted molar refractivity (Wildman–Crippen MR) is 196 cm³/mol. The fraction of sp³-hybridized carbons (Fsp3) is 0.133. The average Bonchev–Trinajstić information content (AvgIpc) is 3.44. The van der Waals surface area contributed by atoms with Gasteiger partial charge in [0.1, 0.15) is 0 Å². The normalized spacial score (nSPS) is 14.4. The predicted octanol–water partition coefficient (Wildman–Crippen LogP) is 11.4. The Morgan fingerprint density at radius 2 is 1.00 bits per heavy atom. The maximum Gasteiger partial charge on any atom is 0.0731 e. The zero-order valence-electron chi connectivity index (χ0n) is 26.8. The summed E-state index contributed by atoms with van der Waals surface area (Å²) in [6, 6.07) is 46.4. The van der Waals surface area contributed by atoms with E-state index < -0.39 is 0 Å². The molecule has 0 aliphatic heterocycles. The second kappa shape index (κ2) is 11.8. The maximum absolute atomic E-state index is 5.14. The van der Waals surface area contributed by atoms with Gasteiger partial charge in [0, 0.05) is 46.9 Å². The van der Waals surface area contributed by atoms with E-state index in [2.05, 4.69) is 125 Å². The second-order valence-electron chi connectivity index (χ2n) is 13.2. The minimum absolute atomic E-state index is 0.151. The van der Waals surface area contributed by atoms with Crippen LogP contribution in [-0.2, 0) is 5.41 Å². The fourth-order valence-corrected chi connectivity index (χ4v) is 8.20. The zero-order chi connectivity index (χ0) is 31.9. The Kier molecular flexibility index (Phi) is 7.04. The Morgan fingerprint density at radius 3 is 1.75 bits per heavy atom. The molecule has 3 heteroatoms. The number of hydrogen-bond donors (Lipinski definition) is 0. The molecule has 0 amide bonds. The molecule has 3 nitrogen and oxygen atoms in total. The molecule has 0 saturated heterocycles. The van der Waals surface area contributed by atoms with E-state index in [0.717, 1.165) is 33.6 Å². The van der Waals surface area contributed by atoms with Crippen LogP contribution in [0.2, 0.25) is 0 Å². The number of rotatable bonds is 5. The molecular weight excluding hydrogens is 583 g/mol. The lowest BCUT2D eigenvalue weighted by Gasteiger charge is -2.36. The van der Waals surface area contributed by atoms with E-state index in [1.807, 2.05) is 30.7 Å². The van der Waals surface area contributed by atoms with Crippen molar-refractivity contribution >= 4 is 0 Å². The maximum atomic E-state index is 5.14. The van der Waals surface area contributed by atoms with Gasteiger partial charge in [-0.1, -0.05) is 104 Å². The molecule has 0 radical (unpaired) electrons. The largest absolute Gasteiger partial charge is 0.264 e. The van der Waals surface area contributed by atoms with Gasteiger partial charge in [-0.3, -0.25) is 9.97 Å². The summed E-state index contributed by atoms with van der Waals surface area (Å²) in [6.07, 6.45) is 13.8. The van der Waals surface area contributed by atoms with Crippen molar-refractivity contribution < 1.29 is 0 Å². The lowest BCUT2D eigenvalue weighted by molar-refractivity contribution is 0.353. The number of hydrogen-bond acceptors (Lipinski definition) is 3. The van der Waals surface area contributed by atoms with Gasteiger partial charge >= 0.3 is 0 Å². The molecule has 0 unspecified atom stereocenters. The van der Waals surface area contributed by atoms with Crippen molar-refractivity contribution in [3.63, 3.8) is 0 Å². The fourth-order valence-electron chi connectivity index (χ4n) is 8.20. The highest BCUT2D eigenvalue weighted by molar-refractivity contribution is 5.93. The Morgan fingerprint density at radius 1 is 0.417 bits per heavy atom. The molecule has 0 N–H and O–H groups in total. The lowest BCUT2D eigenvalue weighted by Crippen LogP contribution is -2.27. The Labute approximate surface area is 282 Å². The molecule has 1 spiro atoms. The molecule has 0 atom stereocenters. The van der Waals surface area contributed by atoms with Gasteiger partial charge in [-0.2, -0.15) is 0 Å². The number of nitrogens with zero attached hydrogens (tertiary/aromatic N) is 3. The molecule has 1 fully saturated rings. The summed E-state index contributed by atoms with van der Waals surface area (Å²) < 4.78 is 0. The highest BCUT2D eigenvalue weighted by Gasteiger charge is 2.44. The monoisotopic (exact) mass is 617 g/mol. The molecule has 230 valence electrons. The van der Waals surface area contributed by atoms with Gasteiger partial charge in [0.05, 0.1) is 11.4 Å². The van der Waals surface area contributed by atoms with E-state index in [4.69, 9.17) is 4.98 Å². The van der Waals surface area contributed by atoms with Crippen molar-refractivity contribution in [2.75, 3.05) is 0 Å². The summed E-state index contributed by atoms with van der Waals surface area (Å²) in [5.74, 6) is 0. The van der Waals surface area contributed by atoms with E-state index >= 15 is 0 Å². The number of aromatic nitrogens is 3. The molecule has 9 rings (SSSR count). The summed E-state index contributed by atoms with van der Waals surface area (Å²) >= 11 is 0. The van der Waals surface area contributed by atoms with E-state index in [-0.39, 0.29) is 5.41 Å². The first-order valence-corrected chi connectivity index (χ1v) is 17.0. The van der Waals surface area contributed by atoms with Crippen LogP contribution in [0.15, 0.2) is 152 Å². The van der Waals surface area contributed by atoms with Crippen molar-refractivity contribution in [2.24, 2.45) is 0 Å². The lowest BCUT2D eigenvalue weighted by atomic mass is 9.68. The molecule has 0 bridgehead atoms. The van der Waals surface area contributed by atoms with Crippen LogP contribution in [0.5, 0.6) is 0 Å². The quantitative estimate of drug-likeness (QED) is 0.193. The van der Waals surface area contributed by atoms with Crippen LogP contribution in [0.4, 0.5) is 0 Å². The molecular formula is C45H35N3. The van der Waals surface area contributed by atoms with Crippen molar-refractivity contribution in [2.45, 2.75) is 37.5 Å². The first-order chi connectivity index (χ1) is 23.8. The van der Waals surface area contributed by atoms with Gasteiger partial charge < -0.3 is 0 Å². The standard InChI is InChI=1S/C45H35N3/c1-4-21-45(22-5-1)40-19-3-2-17-39(40)44-38(18-8-20-41(44)45)33-13-6-11-31(25-33)32-12-7-14-34(26-32)42-27-37(35-15-9-23-46-29-35)28-43(48-42)36-16-10-24-47-30-36/h2-3,6-20,23-30H,1,4-5,21-22H2. The first kappa shape index (κ1) is 28.5. The topological polar surface area (TPSA) is 38.7 Å². The Hall–Kier alpha value is -5.67. The van der Waals surface area contributed by atoms with Crippen LogP contribution in [0, 0.1) is 0 Å². The first-order valence-electron chi connectivity index (χ1n) is 17.0. The van der Waals surface area contributed by atoms with Crippen LogP contribution in [0.25, 0.3) is 67.0 Å².